The van der Waals surface area contributed by atoms with Crippen molar-refractivity contribution in [3.63, 3.8) is 0 Å². The molecule has 5 heteroatoms. The molecule has 0 radical (unpaired) electrons. The molecule has 2 aromatic carbocycles. The molecule has 0 aliphatic carbocycles. The van der Waals surface area contributed by atoms with Gasteiger partial charge in [0.15, 0.2) is 5.13 Å². The minimum Gasteiger partial charge on any atom is -0.332 e. The van der Waals surface area contributed by atoms with Crippen LogP contribution in [0.3, 0.4) is 0 Å². The molecule has 0 atom stereocenters. The van der Waals surface area contributed by atoms with Gasteiger partial charge < -0.3 is 5.32 Å². The van der Waals surface area contributed by atoms with Crippen LogP contribution >= 0.6 is 11.3 Å². The predicted octanol–water partition coefficient (Wildman–Crippen LogP) is 4.56. The van der Waals surface area contributed by atoms with E-state index in [1.54, 1.807) is 24.3 Å². The summed E-state index contributed by atoms with van der Waals surface area (Å²) in [4.78, 5) is 4.47. The zero-order chi connectivity index (χ0) is 14.7. The highest BCUT2D eigenvalue weighted by atomic mass is 32.1. The van der Waals surface area contributed by atoms with Crippen molar-refractivity contribution in [2.24, 2.45) is 0 Å². The van der Waals surface area contributed by atoms with Gasteiger partial charge in [0, 0.05) is 16.6 Å². The van der Waals surface area contributed by atoms with Gasteiger partial charge in [-0.2, -0.15) is 5.26 Å². The molecular weight excluding hydrogens is 285 g/mol. The van der Waals surface area contributed by atoms with Crippen molar-refractivity contribution in [1.82, 2.24) is 4.98 Å². The van der Waals surface area contributed by atoms with Gasteiger partial charge in [-0.1, -0.05) is 0 Å². The monoisotopic (exact) mass is 295 g/mol. The Morgan fingerprint density at radius 2 is 1.76 bits per heavy atom. The summed E-state index contributed by atoms with van der Waals surface area (Å²) in [6.45, 7) is 0. The van der Waals surface area contributed by atoms with Crippen molar-refractivity contribution >= 4 is 22.2 Å². The molecule has 21 heavy (non-hydrogen) atoms. The first kappa shape index (κ1) is 13.3. The smallest absolute Gasteiger partial charge is 0.187 e. The van der Waals surface area contributed by atoms with Gasteiger partial charge >= 0.3 is 0 Å². The van der Waals surface area contributed by atoms with Crippen molar-refractivity contribution < 1.29 is 4.39 Å². The van der Waals surface area contributed by atoms with E-state index in [0.717, 1.165) is 22.1 Å². The van der Waals surface area contributed by atoms with E-state index in [1.165, 1.54) is 23.5 Å². The number of nitriles is 1. The third-order valence-corrected chi connectivity index (χ3v) is 3.67. The van der Waals surface area contributed by atoms with Crippen molar-refractivity contribution in [3.8, 4) is 17.3 Å². The fourth-order valence-electron chi connectivity index (χ4n) is 1.84. The van der Waals surface area contributed by atoms with Crippen molar-refractivity contribution in [2.45, 2.75) is 0 Å². The number of hydrogen-bond acceptors (Lipinski definition) is 4. The Hall–Kier alpha value is -2.71. The second-order valence-electron chi connectivity index (χ2n) is 4.36. The second-order valence-corrected chi connectivity index (χ2v) is 5.22. The molecule has 3 rings (SSSR count). The molecule has 0 amide bonds. The zero-order valence-corrected chi connectivity index (χ0v) is 11.7. The van der Waals surface area contributed by atoms with Crippen molar-refractivity contribution in [3.05, 3.63) is 65.3 Å². The van der Waals surface area contributed by atoms with E-state index in [2.05, 4.69) is 16.4 Å². The Kier molecular flexibility index (Phi) is 3.63. The molecule has 0 aliphatic rings. The first-order valence-corrected chi connectivity index (χ1v) is 7.11. The van der Waals surface area contributed by atoms with E-state index >= 15 is 0 Å². The molecule has 0 fully saturated rings. The van der Waals surface area contributed by atoms with Gasteiger partial charge in [-0.15, -0.1) is 11.3 Å². The number of benzene rings is 2. The quantitative estimate of drug-likeness (QED) is 0.770. The topological polar surface area (TPSA) is 48.7 Å². The Bertz CT molecular complexity index is 786. The average molecular weight is 295 g/mol. The van der Waals surface area contributed by atoms with Crippen LogP contribution in [0, 0.1) is 17.1 Å². The third-order valence-electron chi connectivity index (χ3n) is 2.91. The van der Waals surface area contributed by atoms with Crippen LogP contribution in [0.25, 0.3) is 11.3 Å². The maximum atomic E-state index is 12.9. The van der Waals surface area contributed by atoms with Crippen LogP contribution in [0.2, 0.25) is 0 Å². The summed E-state index contributed by atoms with van der Waals surface area (Å²) in [5.74, 6) is -0.259. The number of anilines is 2. The van der Waals surface area contributed by atoms with Gasteiger partial charge in [-0.3, -0.25) is 0 Å². The van der Waals surface area contributed by atoms with Crippen LogP contribution in [-0.4, -0.2) is 4.98 Å². The normalized spacial score (nSPS) is 10.1. The fraction of sp³-hybridized carbons (Fsp3) is 0. The molecule has 1 aromatic heterocycles. The number of aromatic nitrogens is 1. The molecule has 3 nitrogen and oxygen atoms in total. The summed E-state index contributed by atoms with van der Waals surface area (Å²) in [5.41, 5.74) is 3.16. The standard InChI is InChI=1S/C16H10FN3S/c17-13-5-3-12(4-6-13)15-10-21-16(20-15)19-14-7-1-11(9-18)2-8-14/h1-8,10H,(H,19,20). The van der Waals surface area contributed by atoms with E-state index in [1.807, 2.05) is 17.5 Å². The Balaban J connectivity index is 1.78. The molecule has 0 bridgehead atoms. The van der Waals surface area contributed by atoms with Crippen LogP contribution in [0.5, 0.6) is 0 Å². The lowest BCUT2D eigenvalue weighted by Gasteiger charge is -2.01. The van der Waals surface area contributed by atoms with E-state index < -0.39 is 0 Å². The molecule has 0 aliphatic heterocycles. The van der Waals surface area contributed by atoms with Crippen molar-refractivity contribution in [1.29, 1.82) is 5.26 Å². The SMILES string of the molecule is N#Cc1ccc(Nc2nc(-c3ccc(F)cc3)cs2)cc1. The average Bonchev–Trinajstić information content (AvgIpc) is 2.97. The van der Waals surface area contributed by atoms with Crippen LogP contribution < -0.4 is 5.32 Å². The number of hydrogen-bond donors (Lipinski definition) is 1. The van der Waals surface area contributed by atoms with Gasteiger partial charge in [0.25, 0.3) is 0 Å². The van der Waals surface area contributed by atoms with Gasteiger partial charge in [-0.05, 0) is 48.5 Å². The highest BCUT2D eigenvalue weighted by Gasteiger charge is 2.05. The first-order valence-electron chi connectivity index (χ1n) is 6.23. The maximum Gasteiger partial charge on any atom is 0.187 e. The highest BCUT2D eigenvalue weighted by Crippen LogP contribution is 2.27. The predicted molar refractivity (Wildman–Crippen MR) is 81.9 cm³/mol. The van der Waals surface area contributed by atoms with E-state index in [-0.39, 0.29) is 5.82 Å². The molecule has 0 unspecified atom stereocenters. The number of halogens is 1. The number of nitrogens with one attached hydrogen (secondary N) is 1. The van der Waals surface area contributed by atoms with Gasteiger partial charge in [0.1, 0.15) is 5.82 Å². The summed E-state index contributed by atoms with van der Waals surface area (Å²) < 4.78 is 12.9. The lowest BCUT2D eigenvalue weighted by molar-refractivity contribution is 0.628. The Labute approximate surface area is 125 Å². The van der Waals surface area contributed by atoms with E-state index in [0.29, 0.717) is 5.56 Å². The summed E-state index contributed by atoms with van der Waals surface area (Å²) in [5, 5.41) is 14.6. The number of thiazole rings is 1. The molecule has 1 N–H and O–H groups in total. The maximum absolute atomic E-state index is 12.9. The first-order chi connectivity index (χ1) is 10.2. The molecule has 102 valence electrons. The lowest BCUT2D eigenvalue weighted by Crippen LogP contribution is -1.89. The molecule has 1 heterocycles. The third kappa shape index (κ3) is 3.07. The van der Waals surface area contributed by atoms with E-state index in [9.17, 15) is 4.39 Å². The number of rotatable bonds is 3. The molecule has 0 saturated carbocycles. The van der Waals surface area contributed by atoms with Gasteiger partial charge in [0.2, 0.25) is 0 Å². The summed E-state index contributed by atoms with van der Waals surface area (Å²) in [6.07, 6.45) is 0. The molecule has 3 aromatic rings. The lowest BCUT2D eigenvalue weighted by atomic mass is 10.2. The molecule has 0 saturated heterocycles. The van der Waals surface area contributed by atoms with Crippen LogP contribution in [0.4, 0.5) is 15.2 Å². The summed E-state index contributed by atoms with van der Waals surface area (Å²) in [6, 6.07) is 15.5. The highest BCUT2D eigenvalue weighted by molar-refractivity contribution is 7.14. The van der Waals surface area contributed by atoms with Gasteiger partial charge in [0.05, 0.1) is 17.3 Å². The molecule has 0 spiro atoms. The second kappa shape index (κ2) is 5.73. The molecular formula is C16H10FN3S. The Morgan fingerprint density at radius 3 is 2.43 bits per heavy atom. The zero-order valence-electron chi connectivity index (χ0n) is 10.9. The largest absolute Gasteiger partial charge is 0.332 e. The fourth-order valence-corrected chi connectivity index (χ4v) is 2.58. The van der Waals surface area contributed by atoms with Crippen LogP contribution in [0.1, 0.15) is 5.56 Å². The van der Waals surface area contributed by atoms with Crippen molar-refractivity contribution in [2.75, 3.05) is 5.32 Å². The van der Waals surface area contributed by atoms with Crippen LogP contribution in [0.15, 0.2) is 53.9 Å². The number of nitrogens with zero attached hydrogens (tertiary/aromatic N) is 2. The summed E-state index contributed by atoms with van der Waals surface area (Å²) >= 11 is 1.47. The minimum absolute atomic E-state index is 0.259. The van der Waals surface area contributed by atoms with Crippen LogP contribution in [-0.2, 0) is 0 Å². The minimum atomic E-state index is -0.259. The Morgan fingerprint density at radius 1 is 1.05 bits per heavy atom. The summed E-state index contributed by atoms with van der Waals surface area (Å²) in [7, 11) is 0. The van der Waals surface area contributed by atoms with E-state index in [4.69, 9.17) is 5.26 Å². The van der Waals surface area contributed by atoms with Gasteiger partial charge in [-0.25, -0.2) is 9.37 Å².